The van der Waals surface area contributed by atoms with E-state index in [0.717, 1.165) is 25.3 Å². The lowest BCUT2D eigenvalue weighted by molar-refractivity contribution is 0.0532. The first-order valence-electron chi connectivity index (χ1n) is 8.54. The van der Waals surface area contributed by atoms with Crippen molar-refractivity contribution in [1.82, 2.24) is 9.88 Å². The molecule has 1 amide bonds. The van der Waals surface area contributed by atoms with Gasteiger partial charge in [-0.1, -0.05) is 13.8 Å². The zero-order valence-corrected chi connectivity index (χ0v) is 17.5. The van der Waals surface area contributed by atoms with E-state index in [0.29, 0.717) is 18.2 Å². The number of halogens is 2. The number of carbonyl (C=O) groups excluding carboxylic acids is 1. The fraction of sp³-hybridized carbons (Fsp3) is 0.667. The second-order valence-electron chi connectivity index (χ2n) is 7.40. The van der Waals surface area contributed by atoms with Crippen molar-refractivity contribution in [1.29, 1.82) is 0 Å². The topological polar surface area (TPSA) is 62.5 Å². The molecule has 1 unspecified atom stereocenters. The molecular weight excluding hydrogens is 359 g/mol. The molecule has 2 N–H and O–H groups in total. The van der Waals surface area contributed by atoms with E-state index >= 15 is 0 Å². The van der Waals surface area contributed by atoms with Crippen LogP contribution in [0.15, 0.2) is 18.3 Å². The standard InChI is InChI=1S/C18H30N4O.2ClH/c1-6-22(13(2)3)16-8-7-14(11-20-16)17(23)21-10-9-15(19)18(4,5)12-21;;/h7-8,11,13,15H,6,9-10,12,19H2,1-5H3;2*1H. The number of likely N-dealkylation sites (tertiary alicyclic amines) is 1. The summed E-state index contributed by atoms with van der Waals surface area (Å²) in [6.45, 7) is 13.0. The Kier molecular flexibility index (Phi) is 9.20. The van der Waals surface area contributed by atoms with Gasteiger partial charge in [-0.25, -0.2) is 4.98 Å². The maximum Gasteiger partial charge on any atom is 0.255 e. The Morgan fingerprint density at radius 1 is 1.40 bits per heavy atom. The summed E-state index contributed by atoms with van der Waals surface area (Å²) in [5.41, 5.74) is 6.76. The minimum Gasteiger partial charge on any atom is -0.354 e. The van der Waals surface area contributed by atoms with Crippen LogP contribution in [0.2, 0.25) is 0 Å². The van der Waals surface area contributed by atoms with Crippen LogP contribution in [0, 0.1) is 5.41 Å². The largest absolute Gasteiger partial charge is 0.354 e. The summed E-state index contributed by atoms with van der Waals surface area (Å²) in [6, 6.07) is 4.36. The van der Waals surface area contributed by atoms with E-state index in [1.165, 1.54) is 0 Å². The number of hydrogen-bond acceptors (Lipinski definition) is 4. The van der Waals surface area contributed by atoms with E-state index in [1.807, 2.05) is 17.0 Å². The number of aromatic nitrogens is 1. The molecule has 1 aromatic heterocycles. The Morgan fingerprint density at radius 2 is 2.04 bits per heavy atom. The molecule has 1 atom stereocenters. The van der Waals surface area contributed by atoms with Crippen LogP contribution in [0.1, 0.15) is 51.4 Å². The maximum absolute atomic E-state index is 12.7. The van der Waals surface area contributed by atoms with E-state index in [1.54, 1.807) is 6.20 Å². The molecule has 7 heteroatoms. The molecule has 1 aliphatic heterocycles. The Labute approximate surface area is 164 Å². The lowest BCUT2D eigenvalue weighted by Crippen LogP contribution is -2.54. The predicted octanol–water partition coefficient (Wildman–Crippen LogP) is 3.36. The molecule has 0 saturated carbocycles. The zero-order chi connectivity index (χ0) is 17.2. The summed E-state index contributed by atoms with van der Waals surface area (Å²) in [7, 11) is 0. The number of carbonyl (C=O) groups is 1. The number of anilines is 1. The highest BCUT2D eigenvalue weighted by atomic mass is 35.5. The van der Waals surface area contributed by atoms with Crippen molar-refractivity contribution in [3.05, 3.63) is 23.9 Å². The molecule has 25 heavy (non-hydrogen) atoms. The number of nitrogens with zero attached hydrogens (tertiary/aromatic N) is 3. The minimum absolute atomic E-state index is 0. The van der Waals surface area contributed by atoms with Gasteiger partial charge in [0.15, 0.2) is 0 Å². The van der Waals surface area contributed by atoms with E-state index < -0.39 is 0 Å². The molecule has 1 fully saturated rings. The van der Waals surface area contributed by atoms with Crippen molar-refractivity contribution in [3.8, 4) is 0 Å². The van der Waals surface area contributed by atoms with Crippen molar-refractivity contribution in [2.75, 3.05) is 24.5 Å². The second kappa shape index (κ2) is 9.60. The molecular formula is C18H32Cl2N4O. The highest BCUT2D eigenvalue weighted by Gasteiger charge is 2.35. The number of hydrogen-bond donors (Lipinski definition) is 1. The third kappa shape index (κ3) is 5.47. The van der Waals surface area contributed by atoms with Crippen LogP contribution in [0.25, 0.3) is 0 Å². The first-order valence-corrected chi connectivity index (χ1v) is 8.54. The summed E-state index contributed by atoms with van der Waals surface area (Å²) in [4.78, 5) is 21.3. The summed E-state index contributed by atoms with van der Waals surface area (Å²) >= 11 is 0. The van der Waals surface area contributed by atoms with E-state index in [9.17, 15) is 4.79 Å². The molecule has 1 aromatic rings. The minimum atomic E-state index is -0.0437. The third-order valence-electron chi connectivity index (χ3n) is 4.85. The average molecular weight is 391 g/mol. The van der Waals surface area contributed by atoms with Gasteiger partial charge in [0, 0.05) is 37.9 Å². The van der Waals surface area contributed by atoms with Gasteiger partial charge < -0.3 is 15.5 Å². The van der Waals surface area contributed by atoms with Crippen LogP contribution >= 0.6 is 24.8 Å². The first-order chi connectivity index (χ1) is 10.8. The van der Waals surface area contributed by atoms with Crippen molar-refractivity contribution >= 4 is 36.5 Å². The van der Waals surface area contributed by atoms with Crippen molar-refractivity contribution in [2.45, 2.75) is 53.1 Å². The van der Waals surface area contributed by atoms with Crippen molar-refractivity contribution in [3.63, 3.8) is 0 Å². The molecule has 2 heterocycles. The lowest BCUT2D eigenvalue weighted by atomic mass is 9.79. The van der Waals surface area contributed by atoms with Crippen LogP contribution in [-0.2, 0) is 0 Å². The summed E-state index contributed by atoms with van der Waals surface area (Å²) in [5, 5.41) is 0. The van der Waals surface area contributed by atoms with Gasteiger partial charge in [0.2, 0.25) is 0 Å². The average Bonchev–Trinajstić information content (AvgIpc) is 2.50. The number of amides is 1. The molecule has 0 radical (unpaired) electrons. The Bertz CT molecular complexity index is 549. The molecule has 0 aliphatic carbocycles. The van der Waals surface area contributed by atoms with Crippen LogP contribution in [0.3, 0.4) is 0 Å². The Balaban J connectivity index is 0.00000288. The molecule has 1 saturated heterocycles. The van der Waals surface area contributed by atoms with Gasteiger partial charge in [0.1, 0.15) is 5.82 Å². The maximum atomic E-state index is 12.7. The number of rotatable bonds is 4. The number of pyridine rings is 1. The van der Waals surface area contributed by atoms with Crippen LogP contribution in [0.5, 0.6) is 0 Å². The second-order valence-corrected chi connectivity index (χ2v) is 7.40. The molecule has 144 valence electrons. The highest BCUT2D eigenvalue weighted by Crippen LogP contribution is 2.28. The molecule has 5 nitrogen and oxygen atoms in total. The molecule has 2 rings (SSSR count). The highest BCUT2D eigenvalue weighted by molar-refractivity contribution is 5.94. The molecule has 0 bridgehead atoms. The lowest BCUT2D eigenvalue weighted by Gasteiger charge is -2.42. The van der Waals surface area contributed by atoms with Gasteiger partial charge in [0.25, 0.3) is 5.91 Å². The smallest absolute Gasteiger partial charge is 0.255 e. The quantitative estimate of drug-likeness (QED) is 0.855. The number of piperidine rings is 1. The molecule has 0 spiro atoms. The monoisotopic (exact) mass is 390 g/mol. The fourth-order valence-electron chi connectivity index (χ4n) is 3.20. The van der Waals surface area contributed by atoms with E-state index in [4.69, 9.17) is 5.73 Å². The first kappa shape index (κ1) is 24.0. The van der Waals surface area contributed by atoms with Crippen LogP contribution < -0.4 is 10.6 Å². The summed E-state index contributed by atoms with van der Waals surface area (Å²) in [6.07, 6.45) is 2.55. The predicted molar refractivity (Wildman–Crippen MR) is 109 cm³/mol. The van der Waals surface area contributed by atoms with E-state index in [-0.39, 0.29) is 42.2 Å². The Hall–Kier alpha value is -1.04. The van der Waals surface area contributed by atoms with Gasteiger partial charge in [-0.15, -0.1) is 24.8 Å². The van der Waals surface area contributed by atoms with E-state index in [2.05, 4.69) is 44.5 Å². The molecule has 0 aromatic carbocycles. The SMILES string of the molecule is CCN(c1ccc(C(=O)N2CCC(N)C(C)(C)C2)cn1)C(C)C.Cl.Cl. The third-order valence-corrected chi connectivity index (χ3v) is 4.85. The van der Waals surface area contributed by atoms with Gasteiger partial charge >= 0.3 is 0 Å². The van der Waals surface area contributed by atoms with Gasteiger partial charge in [-0.2, -0.15) is 0 Å². The van der Waals surface area contributed by atoms with Crippen LogP contribution in [-0.4, -0.2) is 47.5 Å². The van der Waals surface area contributed by atoms with Crippen molar-refractivity contribution < 1.29 is 4.79 Å². The fourth-order valence-corrected chi connectivity index (χ4v) is 3.20. The van der Waals surface area contributed by atoms with Gasteiger partial charge in [-0.05, 0) is 44.7 Å². The zero-order valence-electron chi connectivity index (χ0n) is 15.9. The summed E-state index contributed by atoms with van der Waals surface area (Å²) < 4.78 is 0. The van der Waals surface area contributed by atoms with Crippen LogP contribution in [0.4, 0.5) is 5.82 Å². The number of nitrogens with two attached hydrogens (primary N) is 1. The normalized spacial score (nSPS) is 19.0. The van der Waals surface area contributed by atoms with Gasteiger partial charge in [0.05, 0.1) is 5.56 Å². The van der Waals surface area contributed by atoms with Crippen molar-refractivity contribution in [2.24, 2.45) is 11.1 Å². The molecule has 1 aliphatic rings. The Morgan fingerprint density at radius 3 is 2.48 bits per heavy atom. The van der Waals surface area contributed by atoms with Gasteiger partial charge in [-0.3, -0.25) is 4.79 Å². The summed E-state index contributed by atoms with van der Waals surface area (Å²) in [5.74, 6) is 0.969.